The third-order valence-corrected chi connectivity index (χ3v) is 0.495. The summed E-state index contributed by atoms with van der Waals surface area (Å²) in [5.74, 6) is 0. The zero-order valence-electron chi connectivity index (χ0n) is 5.81. The molecule has 0 aliphatic carbocycles. The Bertz CT molecular complexity index is 191. The summed E-state index contributed by atoms with van der Waals surface area (Å²) in [4.78, 5) is 0. The van der Waals surface area contributed by atoms with E-state index in [1.807, 2.05) is 6.92 Å². The Hall–Kier alpha value is -0.440. The molecule has 0 saturated carbocycles. The number of hydrogen-bond acceptors (Lipinski definition) is 3. The first-order chi connectivity index (χ1) is 4.77. The Kier molecular flexibility index (Phi) is 7.52. The number of nitrogens with one attached hydrogen (secondary N) is 1. The van der Waals surface area contributed by atoms with E-state index in [1.54, 1.807) is 0 Å². The van der Waals surface area contributed by atoms with Gasteiger partial charge in [-0.15, -0.1) is 0 Å². The Balaban J connectivity index is 0. The maximum absolute atomic E-state index is 8.74. The van der Waals surface area contributed by atoms with Gasteiger partial charge in [-0.05, 0) is 19.1 Å². The molecule has 0 rings (SSSR count). The summed E-state index contributed by atoms with van der Waals surface area (Å²) in [6.07, 6.45) is 0. The molecule has 6 nitrogen and oxygen atoms in total. The molecule has 68 valence electrons. The van der Waals surface area contributed by atoms with Gasteiger partial charge in [0.15, 0.2) is 5.11 Å². The predicted octanol–water partition coefficient (Wildman–Crippen LogP) is -0.813. The molecule has 11 heavy (non-hydrogen) atoms. The molecule has 0 aromatic carbocycles. The van der Waals surface area contributed by atoms with Crippen molar-refractivity contribution in [3.63, 3.8) is 0 Å². The van der Waals surface area contributed by atoms with Gasteiger partial charge in [0.1, 0.15) is 0 Å². The molecule has 8 heteroatoms. The van der Waals surface area contributed by atoms with E-state index in [0.29, 0.717) is 5.11 Å². The van der Waals surface area contributed by atoms with Gasteiger partial charge in [0.05, 0.1) is 0 Å². The largest absolute Gasteiger partial charge is 0.394 e. The molecule has 5 N–H and O–H groups in total. The van der Waals surface area contributed by atoms with Crippen molar-refractivity contribution in [1.82, 2.24) is 5.32 Å². The van der Waals surface area contributed by atoms with Crippen molar-refractivity contribution in [3.05, 3.63) is 0 Å². The zero-order chi connectivity index (χ0) is 9.49. The minimum absolute atomic E-state index is 0.373. The summed E-state index contributed by atoms with van der Waals surface area (Å²) >= 11 is 4.46. The second-order valence-corrected chi connectivity index (χ2v) is 2.68. The average Bonchev–Trinajstić information content (AvgIpc) is 1.58. The van der Waals surface area contributed by atoms with Crippen LogP contribution in [-0.4, -0.2) is 29.2 Å². The summed E-state index contributed by atoms with van der Waals surface area (Å²) in [5.41, 5.74) is 5.02. The zero-order valence-corrected chi connectivity index (χ0v) is 7.44. The van der Waals surface area contributed by atoms with E-state index >= 15 is 0 Å². The standard InChI is InChI=1S/C3H8N2S.H2O4S/c1-2-5-3(4)6;1-5(2,3)4/h2H2,1H3,(H3,4,5,6);(H2,1,2,3,4). The molecule has 0 fully saturated rings. The lowest BCUT2D eigenvalue weighted by Gasteiger charge is -1.92. The SMILES string of the molecule is CCNC(N)=S.O=S(=O)(O)O. The van der Waals surface area contributed by atoms with Gasteiger partial charge in [-0.3, -0.25) is 9.11 Å². The molecule has 0 amide bonds. The van der Waals surface area contributed by atoms with E-state index in [1.165, 1.54) is 0 Å². The smallest absolute Gasteiger partial charge is 0.376 e. The van der Waals surface area contributed by atoms with Crippen molar-refractivity contribution in [3.8, 4) is 0 Å². The predicted molar refractivity (Wildman–Crippen MR) is 44.6 cm³/mol. The highest BCUT2D eigenvalue weighted by Crippen LogP contribution is 1.59. The van der Waals surface area contributed by atoms with E-state index in [2.05, 4.69) is 17.5 Å². The van der Waals surface area contributed by atoms with Gasteiger partial charge < -0.3 is 11.1 Å². The molecule has 0 heterocycles. The van der Waals surface area contributed by atoms with Crippen molar-refractivity contribution in [2.24, 2.45) is 5.73 Å². The summed E-state index contributed by atoms with van der Waals surface area (Å²) in [5, 5.41) is 3.09. The molecule has 0 unspecified atom stereocenters. The van der Waals surface area contributed by atoms with Crippen LogP contribution in [0.3, 0.4) is 0 Å². The van der Waals surface area contributed by atoms with Crippen LogP contribution in [0.4, 0.5) is 0 Å². The van der Waals surface area contributed by atoms with Crippen LogP contribution in [0, 0.1) is 0 Å². The average molecular weight is 202 g/mol. The Morgan fingerprint density at radius 2 is 1.91 bits per heavy atom. The summed E-state index contributed by atoms with van der Waals surface area (Å²) in [6.45, 7) is 2.76. The number of hydrogen-bond donors (Lipinski definition) is 4. The number of rotatable bonds is 1. The third kappa shape index (κ3) is 83.4. The van der Waals surface area contributed by atoms with Crippen LogP contribution in [0.25, 0.3) is 0 Å². The van der Waals surface area contributed by atoms with Crippen LogP contribution in [-0.2, 0) is 10.4 Å². The van der Waals surface area contributed by atoms with Crippen molar-refractivity contribution in [2.45, 2.75) is 6.92 Å². The van der Waals surface area contributed by atoms with Gasteiger partial charge >= 0.3 is 10.4 Å². The van der Waals surface area contributed by atoms with Crippen LogP contribution in [0.5, 0.6) is 0 Å². The topological polar surface area (TPSA) is 113 Å². The molecule has 0 radical (unpaired) electrons. The molecular weight excluding hydrogens is 192 g/mol. The number of thiocarbonyl (C=S) groups is 1. The minimum atomic E-state index is -4.67. The molecule has 0 aliphatic rings. The number of nitrogens with two attached hydrogens (primary N) is 1. The first kappa shape index (κ1) is 13.2. The van der Waals surface area contributed by atoms with Crippen LogP contribution in [0.2, 0.25) is 0 Å². The summed E-state index contributed by atoms with van der Waals surface area (Å²) in [6, 6.07) is 0. The molecule has 0 aromatic rings. The highest BCUT2D eigenvalue weighted by molar-refractivity contribution is 7.80. The van der Waals surface area contributed by atoms with Gasteiger partial charge in [-0.25, -0.2) is 0 Å². The Labute approximate surface area is 70.4 Å². The molecule has 0 bridgehead atoms. The van der Waals surface area contributed by atoms with Crippen LogP contribution in [0.15, 0.2) is 0 Å². The molecule has 0 saturated heterocycles. The van der Waals surface area contributed by atoms with Gasteiger partial charge in [0.25, 0.3) is 0 Å². The highest BCUT2D eigenvalue weighted by atomic mass is 32.3. The quantitative estimate of drug-likeness (QED) is 0.325. The van der Waals surface area contributed by atoms with E-state index in [4.69, 9.17) is 23.3 Å². The van der Waals surface area contributed by atoms with E-state index < -0.39 is 10.4 Å². The fraction of sp³-hybridized carbons (Fsp3) is 0.667. The molecule has 0 spiro atoms. The molecular formula is C3H10N2O4S2. The Morgan fingerprint density at radius 1 is 1.64 bits per heavy atom. The van der Waals surface area contributed by atoms with E-state index in [-0.39, 0.29) is 0 Å². The normalized spacial score (nSPS) is 9.36. The van der Waals surface area contributed by atoms with Crippen molar-refractivity contribution in [2.75, 3.05) is 6.54 Å². The third-order valence-electron chi connectivity index (χ3n) is 0.351. The van der Waals surface area contributed by atoms with Gasteiger partial charge in [0.2, 0.25) is 0 Å². The first-order valence-electron chi connectivity index (χ1n) is 2.50. The lowest BCUT2D eigenvalue weighted by atomic mass is 10.8. The maximum atomic E-state index is 8.74. The summed E-state index contributed by atoms with van der Waals surface area (Å²) < 4.78 is 31.6. The first-order valence-corrected chi connectivity index (χ1v) is 4.31. The van der Waals surface area contributed by atoms with Crippen molar-refractivity contribution >= 4 is 27.7 Å². The van der Waals surface area contributed by atoms with Crippen LogP contribution in [0.1, 0.15) is 6.92 Å². The fourth-order valence-electron chi connectivity index (χ4n) is 0.174. The van der Waals surface area contributed by atoms with Crippen LogP contribution < -0.4 is 11.1 Å². The highest BCUT2D eigenvalue weighted by Gasteiger charge is 1.84. The van der Waals surface area contributed by atoms with Gasteiger partial charge in [-0.1, -0.05) is 0 Å². The monoisotopic (exact) mass is 202 g/mol. The molecule has 0 aliphatic heterocycles. The molecule has 0 atom stereocenters. The second kappa shape index (κ2) is 6.28. The lowest BCUT2D eigenvalue weighted by Crippen LogP contribution is -2.28. The fourth-order valence-corrected chi connectivity index (χ4v) is 0.319. The van der Waals surface area contributed by atoms with Crippen LogP contribution >= 0.6 is 12.2 Å². The maximum Gasteiger partial charge on any atom is 0.394 e. The minimum Gasteiger partial charge on any atom is -0.376 e. The van der Waals surface area contributed by atoms with E-state index in [0.717, 1.165) is 6.54 Å². The summed E-state index contributed by atoms with van der Waals surface area (Å²) in [7, 11) is -4.67. The molecule has 0 aromatic heterocycles. The van der Waals surface area contributed by atoms with Gasteiger partial charge in [-0.2, -0.15) is 8.42 Å². The van der Waals surface area contributed by atoms with Crippen molar-refractivity contribution < 1.29 is 17.5 Å². The second-order valence-electron chi connectivity index (χ2n) is 1.34. The lowest BCUT2D eigenvalue weighted by molar-refractivity contribution is 0.381. The Morgan fingerprint density at radius 3 is 1.91 bits per heavy atom. The van der Waals surface area contributed by atoms with E-state index in [9.17, 15) is 0 Å². The van der Waals surface area contributed by atoms with Gasteiger partial charge in [0, 0.05) is 6.54 Å². The van der Waals surface area contributed by atoms with Crippen molar-refractivity contribution in [1.29, 1.82) is 0 Å².